The Hall–Kier alpha value is -2.34. The van der Waals surface area contributed by atoms with Crippen molar-refractivity contribution in [2.45, 2.75) is 58.5 Å². The van der Waals surface area contributed by atoms with Gasteiger partial charge < -0.3 is 14.5 Å². The molecule has 1 aromatic carbocycles. The van der Waals surface area contributed by atoms with Crippen molar-refractivity contribution in [2.24, 2.45) is 0 Å². The molecule has 0 unspecified atom stereocenters. The van der Waals surface area contributed by atoms with E-state index in [1.807, 2.05) is 32.0 Å². The summed E-state index contributed by atoms with van der Waals surface area (Å²) in [6, 6.07) is 5.64. The van der Waals surface area contributed by atoms with E-state index in [4.69, 9.17) is 14.5 Å². The lowest BCUT2D eigenvalue weighted by Crippen LogP contribution is -2.11. The summed E-state index contributed by atoms with van der Waals surface area (Å²) in [7, 11) is 1.62. The number of methoxy groups -OCH3 is 1. The van der Waals surface area contributed by atoms with Crippen molar-refractivity contribution < 1.29 is 9.47 Å². The molecule has 1 aliphatic rings. The quantitative estimate of drug-likeness (QED) is 0.663. The first-order valence-electron chi connectivity index (χ1n) is 9.96. The molecule has 0 aliphatic heterocycles. The highest BCUT2D eigenvalue weighted by Crippen LogP contribution is 2.35. The predicted octanol–water partition coefficient (Wildman–Crippen LogP) is 5.11. The molecule has 0 fully saturated rings. The third-order valence-corrected chi connectivity index (χ3v) is 6.31. The fourth-order valence-electron chi connectivity index (χ4n) is 3.82. The van der Waals surface area contributed by atoms with E-state index in [-0.39, 0.29) is 11.7 Å². The highest BCUT2D eigenvalue weighted by Gasteiger charge is 2.19. The van der Waals surface area contributed by atoms with Gasteiger partial charge in [-0.1, -0.05) is 12.8 Å². The molecule has 0 spiro atoms. The fourth-order valence-corrected chi connectivity index (χ4v) is 5.08. The van der Waals surface area contributed by atoms with Gasteiger partial charge >= 0.3 is 0 Å². The van der Waals surface area contributed by atoms with Crippen LogP contribution < -0.4 is 15.0 Å². The largest absolute Gasteiger partial charge is 0.493 e. The molecule has 0 amide bonds. The Kier molecular flexibility index (Phi) is 5.40. The van der Waals surface area contributed by atoms with Crippen LogP contribution in [0.25, 0.3) is 21.6 Å². The van der Waals surface area contributed by atoms with E-state index in [0.29, 0.717) is 17.3 Å². The summed E-state index contributed by atoms with van der Waals surface area (Å²) in [5, 5.41) is 0.789. The molecule has 3 aromatic rings. The van der Waals surface area contributed by atoms with Crippen LogP contribution in [0.1, 0.15) is 50.0 Å². The minimum absolute atomic E-state index is 0.0421. The highest BCUT2D eigenvalue weighted by atomic mass is 32.1. The van der Waals surface area contributed by atoms with Gasteiger partial charge in [0.25, 0.3) is 5.56 Å². The van der Waals surface area contributed by atoms with Gasteiger partial charge in [0.1, 0.15) is 10.7 Å². The molecule has 0 atom stereocenters. The summed E-state index contributed by atoms with van der Waals surface area (Å²) in [6.45, 7) is 3.95. The standard InChI is InChI=1S/C22H26N2O3S/c1-13(2)27-16-11-10-14(12-17(16)26-3)20-23-21(25)19-15-8-6-4-5-7-9-18(15)28-22(19)24-20/h10-13H,4-9H2,1-3H3,(H,23,24,25). The lowest BCUT2D eigenvalue weighted by Gasteiger charge is -2.14. The lowest BCUT2D eigenvalue weighted by molar-refractivity contribution is 0.230. The van der Waals surface area contributed by atoms with Crippen molar-refractivity contribution in [3.8, 4) is 22.9 Å². The Labute approximate surface area is 168 Å². The molecule has 0 bridgehead atoms. The van der Waals surface area contributed by atoms with E-state index in [2.05, 4.69) is 4.98 Å². The van der Waals surface area contributed by atoms with Crippen LogP contribution in [0.15, 0.2) is 23.0 Å². The van der Waals surface area contributed by atoms with E-state index in [0.717, 1.165) is 35.0 Å². The topological polar surface area (TPSA) is 64.2 Å². The normalized spacial score (nSPS) is 14.6. The van der Waals surface area contributed by atoms with Crippen LogP contribution in [-0.2, 0) is 12.8 Å². The summed E-state index contributed by atoms with van der Waals surface area (Å²) in [6.07, 6.45) is 6.94. The number of aromatic amines is 1. The van der Waals surface area contributed by atoms with Gasteiger partial charge in [-0.25, -0.2) is 4.98 Å². The Bertz CT molecular complexity index is 1050. The number of thiophene rings is 1. The molecule has 6 heteroatoms. The first-order chi connectivity index (χ1) is 13.6. The maximum absolute atomic E-state index is 12.9. The lowest BCUT2D eigenvalue weighted by atomic mass is 9.98. The summed E-state index contributed by atoms with van der Waals surface area (Å²) in [5.41, 5.74) is 1.99. The first kappa shape index (κ1) is 19.0. The van der Waals surface area contributed by atoms with Gasteiger partial charge in [0.15, 0.2) is 11.5 Å². The third kappa shape index (κ3) is 3.65. The number of hydrogen-bond donors (Lipinski definition) is 1. The van der Waals surface area contributed by atoms with Crippen molar-refractivity contribution in [3.63, 3.8) is 0 Å². The smallest absolute Gasteiger partial charge is 0.260 e. The van der Waals surface area contributed by atoms with Crippen molar-refractivity contribution in [3.05, 3.63) is 39.0 Å². The number of H-pyrrole nitrogens is 1. The number of hydrogen-bond acceptors (Lipinski definition) is 5. The zero-order valence-electron chi connectivity index (χ0n) is 16.6. The Morgan fingerprint density at radius 3 is 2.64 bits per heavy atom. The third-order valence-electron chi connectivity index (χ3n) is 5.12. The summed E-state index contributed by atoms with van der Waals surface area (Å²) >= 11 is 1.68. The minimum Gasteiger partial charge on any atom is -0.493 e. The number of ether oxygens (including phenoxy) is 2. The monoisotopic (exact) mass is 398 g/mol. The second kappa shape index (κ2) is 7.95. The molecule has 4 rings (SSSR count). The van der Waals surface area contributed by atoms with Gasteiger partial charge in [0.2, 0.25) is 0 Å². The summed E-state index contributed by atoms with van der Waals surface area (Å²) in [5.74, 6) is 1.89. The molecule has 1 N–H and O–H groups in total. The molecular weight excluding hydrogens is 372 g/mol. The molecule has 2 aromatic heterocycles. The number of aromatic nitrogens is 2. The number of aryl methyl sites for hydroxylation is 2. The van der Waals surface area contributed by atoms with E-state index >= 15 is 0 Å². The molecule has 0 radical (unpaired) electrons. The number of benzene rings is 1. The number of nitrogens with one attached hydrogen (secondary N) is 1. The first-order valence-corrected chi connectivity index (χ1v) is 10.8. The van der Waals surface area contributed by atoms with Crippen LogP contribution in [0.4, 0.5) is 0 Å². The molecular formula is C22H26N2O3S. The van der Waals surface area contributed by atoms with Crippen LogP contribution in [0.2, 0.25) is 0 Å². The Balaban J connectivity index is 1.78. The average Bonchev–Trinajstić information content (AvgIpc) is 2.98. The molecule has 5 nitrogen and oxygen atoms in total. The van der Waals surface area contributed by atoms with Gasteiger partial charge in [0.05, 0.1) is 18.6 Å². The summed E-state index contributed by atoms with van der Waals surface area (Å²) in [4.78, 5) is 22.9. The maximum atomic E-state index is 12.9. The van der Waals surface area contributed by atoms with E-state index in [9.17, 15) is 4.79 Å². The van der Waals surface area contributed by atoms with E-state index < -0.39 is 0 Å². The molecule has 148 valence electrons. The molecule has 28 heavy (non-hydrogen) atoms. The van der Waals surface area contributed by atoms with Crippen LogP contribution in [0.5, 0.6) is 11.5 Å². The molecule has 0 saturated carbocycles. The van der Waals surface area contributed by atoms with Crippen molar-refractivity contribution in [2.75, 3.05) is 7.11 Å². The van der Waals surface area contributed by atoms with E-state index in [1.165, 1.54) is 29.7 Å². The number of rotatable bonds is 4. The van der Waals surface area contributed by atoms with Crippen LogP contribution >= 0.6 is 11.3 Å². The fraction of sp³-hybridized carbons (Fsp3) is 0.455. The second-order valence-electron chi connectivity index (χ2n) is 7.54. The van der Waals surface area contributed by atoms with Crippen LogP contribution in [-0.4, -0.2) is 23.2 Å². The van der Waals surface area contributed by atoms with Gasteiger partial charge in [-0.15, -0.1) is 11.3 Å². The minimum atomic E-state index is -0.0421. The Morgan fingerprint density at radius 1 is 1.11 bits per heavy atom. The second-order valence-corrected chi connectivity index (χ2v) is 8.63. The van der Waals surface area contributed by atoms with Crippen molar-refractivity contribution in [1.82, 2.24) is 9.97 Å². The maximum Gasteiger partial charge on any atom is 0.260 e. The average molecular weight is 399 g/mol. The van der Waals surface area contributed by atoms with Crippen LogP contribution in [0.3, 0.4) is 0 Å². The van der Waals surface area contributed by atoms with Crippen LogP contribution in [0, 0.1) is 0 Å². The van der Waals surface area contributed by atoms with E-state index in [1.54, 1.807) is 18.4 Å². The highest BCUT2D eigenvalue weighted by molar-refractivity contribution is 7.18. The van der Waals surface area contributed by atoms with Crippen molar-refractivity contribution >= 4 is 21.6 Å². The Morgan fingerprint density at radius 2 is 1.89 bits per heavy atom. The summed E-state index contributed by atoms with van der Waals surface area (Å²) < 4.78 is 11.3. The number of fused-ring (bicyclic) bond motifs is 3. The van der Waals surface area contributed by atoms with Gasteiger partial charge in [-0.2, -0.15) is 0 Å². The van der Waals surface area contributed by atoms with Gasteiger partial charge in [-0.3, -0.25) is 4.79 Å². The SMILES string of the molecule is COc1cc(-c2nc3sc4c(c3c(=O)[nH]2)CCCCCC4)ccc1OC(C)C. The zero-order valence-corrected chi connectivity index (χ0v) is 17.4. The molecule has 1 aliphatic carbocycles. The zero-order chi connectivity index (χ0) is 19.7. The number of nitrogens with zero attached hydrogens (tertiary/aromatic N) is 1. The molecule has 0 saturated heterocycles. The molecule has 2 heterocycles. The van der Waals surface area contributed by atoms with Gasteiger partial charge in [0, 0.05) is 10.4 Å². The van der Waals surface area contributed by atoms with Gasteiger partial charge in [-0.05, 0) is 63.3 Å². The predicted molar refractivity (Wildman–Crippen MR) is 114 cm³/mol. The van der Waals surface area contributed by atoms with Crippen molar-refractivity contribution in [1.29, 1.82) is 0 Å².